The number of carbonyl (C=O) groups is 3. The van der Waals surface area contributed by atoms with Gasteiger partial charge in [0.05, 0.1) is 40.2 Å². The van der Waals surface area contributed by atoms with Crippen LogP contribution in [0.4, 0.5) is 0 Å². The van der Waals surface area contributed by atoms with Crippen LogP contribution in [0.1, 0.15) is 79.7 Å². The number of nitrogens with one attached hydrogen (secondary N) is 2. The quantitative estimate of drug-likeness (QED) is 0.0904. The summed E-state index contributed by atoms with van der Waals surface area (Å²) in [6, 6.07) is 4.59. The van der Waals surface area contributed by atoms with Crippen molar-refractivity contribution in [3.63, 3.8) is 0 Å². The van der Waals surface area contributed by atoms with Crippen molar-refractivity contribution in [3.05, 3.63) is 23.8 Å². The monoisotopic (exact) mass is 592 g/mol. The third kappa shape index (κ3) is 10.8. The highest BCUT2D eigenvalue weighted by Gasteiger charge is 2.51. The molecule has 4 N–H and O–H groups in total. The van der Waals surface area contributed by atoms with Crippen LogP contribution in [0.25, 0.3) is 0 Å². The molecule has 0 saturated heterocycles. The minimum Gasteiger partial charge on any atom is -0.504 e. The van der Waals surface area contributed by atoms with Crippen molar-refractivity contribution < 1.29 is 33.8 Å². The van der Waals surface area contributed by atoms with Crippen molar-refractivity contribution in [1.82, 2.24) is 10.6 Å². The highest BCUT2D eigenvalue weighted by atomic mass is 16.5. The van der Waals surface area contributed by atoms with Gasteiger partial charge in [-0.3, -0.25) is 14.4 Å². The number of amides is 2. The average Bonchev–Trinajstić information content (AvgIpc) is 2.86. The zero-order chi connectivity index (χ0) is 32.5. The summed E-state index contributed by atoms with van der Waals surface area (Å²) in [5.74, 6) is -0.992. The molecule has 0 aliphatic rings. The number of methoxy groups -OCH3 is 1. The van der Waals surface area contributed by atoms with Crippen molar-refractivity contribution in [2.75, 3.05) is 47.9 Å². The molecule has 1 rings (SSSR count). The second-order valence-electron chi connectivity index (χ2n) is 14.6. The van der Waals surface area contributed by atoms with Crippen LogP contribution >= 0.6 is 0 Å². The van der Waals surface area contributed by atoms with Crippen LogP contribution in [-0.2, 0) is 25.5 Å². The van der Waals surface area contributed by atoms with E-state index >= 15 is 0 Å². The van der Waals surface area contributed by atoms with Gasteiger partial charge in [-0.25, -0.2) is 0 Å². The van der Waals surface area contributed by atoms with E-state index in [1.165, 1.54) is 19.2 Å². The van der Waals surface area contributed by atoms with E-state index in [9.17, 15) is 24.6 Å². The van der Waals surface area contributed by atoms with Crippen LogP contribution in [-0.4, -0.2) is 80.4 Å². The number of carbonyl (C=O) groups excluding carboxylic acids is 3. The van der Waals surface area contributed by atoms with E-state index in [-0.39, 0.29) is 48.0 Å². The number of esters is 1. The fourth-order valence-corrected chi connectivity index (χ4v) is 6.03. The largest absolute Gasteiger partial charge is 0.504 e. The van der Waals surface area contributed by atoms with Gasteiger partial charge in [0.1, 0.15) is 0 Å². The molecule has 42 heavy (non-hydrogen) atoms. The number of phenolic OH excluding ortho intramolecular Hbond substituents is 2. The normalized spacial score (nSPS) is 16.3. The first kappa shape index (κ1) is 37.2. The van der Waals surface area contributed by atoms with Gasteiger partial charge in [0.25, 0.3) is 0 Å². The molecule has 3 unspecified atom stereocenters. The van der Waals surface area contributed by atoms with E-state index in [1.54, 1.807) is 6.07 Å². The molecule has 0 spiro atoms. The molecule has 240 valence electrons. The Bertz CT molecular complexity index is 1070. The van der Waals surface area contributed by atoms with Gasteiger partial charge < -0.3 is 30.1 Å². The third-order valence-corrected chi connectivity index (χ3v) is 8.45. The van der Waals surface area contributed by atoms with Crippen molar-refractivity contribution in [3.8, 4) is 11.5 Å². The summed E-state index contributed by atoms with van der Waals surface area (Å²) >= 11 is 0. The number of aromatic hydroxyl groups is 2. The number of hydrogen-bond acceptors (Lipinski definition) is 6. The van der Waals surface area contributed by atoms with Gasteiger partial charge in [0.15, 0.2) is 11.5 Å². The highest BCUT2D eigenvalue weighted by Crippen LogP contribution is 2.48. The molecule has 1 aromatic carbocycles. The molecule has 0 saturated carbocycles. The third-order valence-electron chi connectivity index (χ3n) is 8.45. The van der Waals surface area contributed by atoms with Crippen LogP contribution < -0.4 is 10.6 Å². The Morgan fingerprint density at radius 1 is 0.881 bits per heavy atom. The van der Waals surface area contributed by atoms with E-state index in [4.69, 9.17) is 4.74 Å². The zero-order valence-corrected chi connectivity index (χ0v) is 28.0. The Labute approximate surface area is 254 Å². The molecule has 0 aliphatic heterocycles. The predicted molar refractivity (Wildman–Crippen MR) is 167 cm³/mol. The topological polar surface area (TPSA) is 125 Å². The Hall–Kier alpha value is -2.81. The van der Waals surface area contributed by atoms with Crippen molar-refractivity contribution in [1.29, 1.82) is 0 Å². The standard InChI is InChI=1S/C33H57N3O6/c1-23(2)20-31(5,28(39)35-17-15-25-13-14-26(37)27(38)19-25)21-32(6,30(41)42-11)22-33(7,24(3)4)29(40)34-16-12-18-36(8,9)10/h13-14,19,23-24H,12,15-18,20-22H2,1-11H3,(H3-,34,35,37,38,39,40)/p+1. The minimum atomic E-state index is -1.10. The average molecular weight is 593 g/mol. The zero-order valence-electron chi connectivity index (χ0n) is 28.0. The number of nitrogens with zero attached hydrogens (tertiary/aromatic N) is 1. The Balaban J connectivity index is 3.22. The number of phenols is 2. The molecule has 0 aliphatic carbocycles. The molecule has 0 bridgehead atoms. The first-order valence-corrected chi connectivity index (χ1v) is 15.2. The highest BCUT2D eigenvalue weighted by molar-refractivity contribution is 5.86. The molecule has 2 amide bonds. The van der Waals surface area contributed by atoms with E-state index in [1.807, 2.05) is 48.5 Å². The maximum Gasteiger partial charge on any atom is 0.311 e. The first-order valence-electron chi connectivity index (χ1n) is 15.2. The Kier molecular flexibility index (Phi) is 13.4. The summed E-state index contributed by atoms with van der Waals surface area (Å²) in [6.07, 6.45) is 2.30. The summed E-state index contributed by atoms with van der Waals surface area (Å²) < 4.78 is 6.11. The van der Waals surface area contributed by atoms with Crippen molar-refractivity contribution >= 4 is 17.8 Å². The lowest BCUT2D eigenvalue weighted by molar-refractivity contribution is -0.870. The lowest BCUT2D eigenvalue weighted by Gasteiger charge is -2.43. The summed E-state index contributed by atoms with van der Waals surface area (Å²) in [5, 5.41) is 25.5. The second kappa shape index (κ2) is 15.1. The van der Waals surface area contributed by atoms with Crippen LogP contribution in [0.15, 0.2) is 18.2 Å². The summed E-state index contributed by atoms with van der Waals surface area (Å²) in [4.78, 5) is 40.8. The molecule has 0 fully saturated rings. The molecule has 3 atom stereocenters. The molecule has 9 nitrogen and oxygen atoms in total. The van der Waals surface area contributed by atoms with Gasteiger partial charge >= 0.3 is 5.97 Å². The molecule has 1 aromatic rings. The van der Waals surface area contributed by atoms with E-state index in [0.717, 1.165) is 23.0 Å². The van der Waals surface area contributed by atoms with Crippen LogP contribution in [0.2, 0.25) is 0 Å². The second-order valence-corrected chi connectivity index (χ2v) is 14.6. The fourth-order valence-electron chi connectivity index (χ4n) is 6.03. The summed E-state index contributed by atoms with van der Waals surface area (Å²) in [5.41, 5.74) is -2.10. The number of hydrogen-bond donors (Lipinski definition) is 4. The lowest BCUT2D eigenvalue weighted by Crippen LogP contribution is -2.51. The van der Waals surface area contributed by atoms with Crippen LogP contribution in [0.5, 0.6) is 11.5 Å². The number of rotatable bonds is 17. The van der Waals surface area contributed by atoms with E-state index in [0.29, 0.717) is 25.9 Å². The summed E-state index contributed by atoms with van der Waals surface area (Å²) in [6.45, 7) is 15.5. The fraction of sp³-hybridized carbons (Fsp3) is 0.727. The Morgan fingerprint density at radius 2 is 1.48 bits per heavy atom. The molecule has 0 heterocycles. The minimum absolute atomic E-state index is 0.0632. The molecule has 0 aromatic heterocycles. The molecular weight excluding hydrogens is 534 g/mol. The first-order chi connectivity index (χ1) is 19.2. The smallest absolute Gasteiger partial charge is 0.311 e. The molecule has 0 radical (unpaired) electrons. The maximum absolute atomic E-state index is 13.8. The SMILES string of the molecule is COC(=O)C(C)(CC(C)(CC(C)C)C(=O)NCCc1ccc(O)c(O)c1)CC(C)(C(=O)NCCC[N+](C)(C)C)C(C)C. The summed E-state index contributed by atoms with van der Waals surface area (Å²) in [7, 11) is 7.70. The van der Waals surface area contributed by atoms with Gasteiger partial charge in [-0.2, -0.15) is 0 Å². The van der Waals surface area contributed by atoms with Crippen LogP contribution in [0, 0.1) is 28.1 Å². The van der Waals surface area contributed by atoms with Gasteiger partial charge in [-0.05, 0) is 62.1 Å². The number of quaternary nitrogens is 1. The molecular formula is C33H58N3O6+. The van der Waals surface area contributed by atoms with Crippen molar-refractivity contribution in [2.45, 2.75) is 80.6 Å². The number of benzene rings is 1. The van der Waals surface area contributed by atoms with Gasteiger partial charge in [0, 0.05) is 30.3 Å². The van der Waals surface area contributed by atoms with Crippen molar-refractivity contribution in [2.24, 2.45) is 28.1 Å². The Morgan fingerprint density at radius 3 is 1.98 bits per heavy atom. The predicted octanol–water partition coefficient (Wildman–Crippen LogP) is 4.64. The van der Waals surface area contributed by atoms with Gasteiger partial charge in [-0.1, -0.05) is 47.6 Å². The van der Waals surface area contributed by atoms with Gasteiger partial charge in [0.2, 0.25) is 11.8 Å². The van der Waals surface area contributed by atoms with E-state index < -0.39 is 22.2 Å². The number of ether oxygens (including phenoxy) is 1. The van der Waals surface area contributed by atoms with E-state index in [2.05, 4.69) is 31.8 Å². The van der Waals surface area contributed by atoms with Crippen LogP contribution in [0.3, 0.4) is 0 Å². The lowest BCUT2D eigenvalue weighted by atomic mass is 9.60. The van der Waals surface area contributed by atoms with Gasteiger partial charge in [-0.15, -0.1) is 0 Å². The molecule has 9 heteroatoms. The maximum atomic E-state index is 13.8.